The van der Waals surface area contributed by atoms with Gasteiger partial charge < -0.3 is 20.1 Å². The van der Waals surface area contributed by atoms with Crippen molar-refractivity contribution >= 4 is 5.91 Å². The van der Waals surface area contributed by atoms with Gasteiger partial charge in [0.1, 0.15) is 0 Å². The summed E-state index contributed by atoms with van der Waals surface area (Å²) < 4.78 is 5.50. The summed E-state index contributed by atoms with van der Waals surface area (Å²) in [6.07, 6.45) is 1.16. The molecule has 0 aromatic rings. The molecule has 16 heavy (non-hydrogen) atoms. The maximum Gasteiger partial charge on any atom is 0.239 e. The Balaban J connectivity index is 1.92. The van der Waals surface area contributed by atoms with Gasteiger partial charge >= 0.3 is 0 Å². The van der Waals surface area contributed by atoms with Crippen molar-refractivity contribution in [1.29, 1.82) is 0 Å². The molecule has 2 N–H and O–H groups in total. The van der Waals surface area contributed by atoms with Crippen LogP contribution in [0.3, 0.4) is 0 Å². The zero-order valence-corrected chi connectivity index (χ0v) is 9.69. The van der Waals surface area contributed by atoms with E-state index in [1.54, 1.807) is 0 Å². The van der Waals surface area contributed by atoms with Crippen molar-refractivity contribution in [3.05, 3.63) is 0 Å². The quantitative estimate of drug-likeness (QED) is 0.626. The van der Waals surface area contributed by atoms with E-state index in [9.17, 15) is 9.90 Å². The molecule has 0 radical (unpaired) electrons. The Morgan fingerprint density at radius 1 is 1.56 bits per heavy atom. The van der Waals surface area contributed by atoms with Gasteiger partial charge in [-0.2, -0.15) is 0 Å². The fraction of sp³-hybridized carbons (Fsp3) is 0.909. The smallest absolute Gasteiger partial charge is 0.239 e. The molecule has 0 saturated carbocycles. The molecule has 3 atom stereocenters. The van der Waals surface area contributed by atoms with Gasteiger partial charge in [0.15, 0.2) is 0 Å². The molecular weight excluding hydrogens is 208 g/mol. The summed E-state index contributed by atoms with van der Waals surface area (Å²) >= 11 is 0. The predicted molar refractivity (Wildman–Crippen MR) is 59.0 cm³/mol. The Bertz CT molecular complexity index is 260. The van der Waals surface area contributed by atoms with Crippen LogP contribution in [0.4, 0.5) is 0 Å². The molecule has 0 aromatic heterocycles. The largest absolute Gasteiger partial charge is 0.392 e. The Labute approximate surface area is 95.8 Å². The summed E-state index contributed by atoms with van der Waals surface area (Å²) in [6.45, 7) is 4.66. The van der Waals surface area contributed by atoms with Crippen LogP contribution < -0.4 is 5.32 Å². The van der Waals surface area contributed by atoms with Crippen molar-refractivity contribution in [2.75, 3.05) is 26.2 Å². The second-order valence-electron chi connectivity index (χ2n) is 4.67. The standard InChI is InChI=1S/C11H20N2O3/c1-8-7-13(3-2-4-16-8)11(15)10-5-9(14)6-12-10/h8-10,12,14H,2-7H2,1H3. The summed E-state index contributed by atoms with van der Waals surface area (Å²) in [5, 5.41) is 12.5. The van der Waals surface area contributed by atoms with Crippen LogP contribution in [0, 0.1) is 0 Å². The lowest BCUT2D eigenvalue weighted by Gasteiger charge is -2.25. The molecule has 2 rings (SSSR count). The zero-order valence-electron chi connectivity index (χ0n) is 9.69. The molecule has 2 saturated heterocycles. The molecule has 0 bridgehead atoms. The predicted octanol–water partition coefficient (Wildman–Crippen LogP) is -0.653. The highest BCUT2D eigenvalue weighted by Crippen LogP contribution is 2.12. The van der Waals surface area contributed by atoms with Gasteiger partial charge in [0.25, 0.3) is 0 Å². The highest BCUT2D eigenvalue weighted by molar-refractivity contribution is 5.82. The van der Waals surface area contributed by atoms with Gasteiger partial charge in [-0.1, -0.05) is 0 Å². The van der Waals surface area contributed by atoms with Crippen LogP contribution in [0.15, 0.2) is 0 Å². The van der Waals surface area contributed by atoms with E-state index in [2.05, 4.69) is 5.32 Å². The van der Waals surface area contributed by atoms with Crippen molar-refractivity contribution in [2.24, 2.45) is 0 Å². The number of β-amino-alcohol motifs (C(OH)–C–C–N with tert-alkyl or cyclic N) is 1. The van der Waals surface area contributed by atoms with E-state index >= 15 is 0 Å². The number of aliphatic hydroxyl groups excluding tert-OH is 1. The SMILES string of the molecule is CC1CN(C(=O)C2CC(O)CN2)CCCO1. The third kappa shape index (κ3) is 2.72. The molecule has 5 heteroatoms. The fourth-order valence-corrected chi connectivity index (χ4v) is 2.32. The molecule has 2 fully saturated rings. The first-order valence-corrected chi connectivity index (χ1v) is 5.98. The number of aliphatic hydroxyl groups is 1. The fourth-order valence-electron chi connectivity index (χ4n) is 2.32. The first kappa shape index (κ1) is 11.8. The molecule has 2 aliphatic heterocycles. The third-order valence-corrected chi connectivity index (χ3v) is 3.17. The molecule has 1 amide bonds. The molecule has 0 aliphatic carbocycles. The average Bonchev–Trinajstić information content (AvgIpc) is 2.56. The number of carbonyl (C=O) groups is 1. The van der Waals surface area contributed by atoms with Crippen LogP contribution in [0.1, 0.15) is 19.8 Å². The van der Waals surface area contributed by atoms with Crippen molar-refractivity contribution in [1.82, 2.24) is 10.2 Å². The van der Waals surface area contributed by atoms with E-state index in [1.807, 2.05) is 11.8 Å². The Morgan fingerprint density at radius 3 is 3.06 bits per heavy atom. The highest BCUT2D eigenvalue weighted by atomic mass is 16.5. The lowest BCUT2D eigenvalue weighted by molar-refractivity contribution is -0.133. The third-order valence-electron chi connectivity index (χ3n) is 3.17. The van der Waals surface area contributed by atoms with Crippen molar-refractivity contribution in [3.63, 3.8) is 0 Å². The van der Waals surface area contributed by atoms with Crippen molar-refractivity contribution in [3.8, 4) is 0 Å². The summed E-state index contributed by atoms with van der Waals surface area (Å²) in [4.78, 5) is 14.0. The van der Waals surface area contributed by atoms with Crippen LogP contribution in [-0.2, 0) is 9.53 Å². The van der Waals surface area contributed by atoms with Crippen LogP contribution >= 0.6 is 0 Å². The summed E-state index contributed by atoms with van der Waals surface area (Å²) in [5.74, 6) is 0.105. The summed E-state index contributed by atoms with van der Waals surface area (Å²) in [5.41, 5.74) is 0. The number of ether oxygens (including phenoxy) is 1. The first-order valence-electron chi connectivity index (χ1n) is 5.98. The van der Waals surface area contributed by atoms with Crippen molar-refractivity contribution in [2.45, 2.75) is 38.0 Å². The maximum atomic E-state index is 12.1. The molecule has 5 nitrogen and oxygen atoms in total. The Hall–Kier alpha value is -0.650. The number of carbonyl (C=O) groups excluding carboxylic acids is 1. The molecule has 2 heterocycles. The van der Waals surface area contributed by atoms with Crippen LogP contribution in [0.2, 0.25) is 0 Å². The number of nitrogens with zero attached hydrogens (tertiary/aromatic N) is 1. The topological polar surface area (TPSA) is 61.8 Å². The van der Waals surface area contributed by atoms with E-state index in [0.717, 1.165) is 19.6 Å². The number of hydrogen-bond acceptors (Lipinski definition) is 4. The van der Waals surface area contributed by atoms with E-state index in [-0.39, 0.29) is 24.2 Å². The molecule has 92 valence electrons. The summed E-state index contributed by atoms with van der Waals surface area (Å²) in [6, 6.07) is -0.208. The van der Waals surface area contributed by atoms with Gasteiger partial charge in [0.05, 0.1) is 18.2 Å². The molecule has 3 unspecified atom stereocenters. The molecule has 2 aliphatic rings. The van der Waals surface area contributed by atoms with Gasteiger partial charge in [-0.3, -0.25) is 4.79 Å². The highest BCUT2D eigenvalue weighted by Gasteiger charge is 2.32. The normalized spacial score (nSPS) is 36.1. The Kier molecular flexibility index (Phi) is 3.78. The van der Waals surface area contributed by atoms with Crippen LogP contribution in [0.5, 0.6) is 0 Å². The zero-order chi connectivity index (χ0) is 11.5. The second kappa shape index (κ2) is 5.12. The van der Waals surface area contributed by atoms with E-state index < -0.39 is 0 Å². The average molecular weight is 228 g/mol. The number of amides is 1. The minimum absolute atomic E-state index is 0.105. The van der Waals surface area contributed by atoms with Gasteiger partial charge in [-0.05, 0) is 19.8 Å². The van der Waals surface area contributed by atoms with Crippen molar-refractivity contribution < 1.29 is 14.6 Å². The van der Waals surface area contributed by atoms with E-state index in [4.69, 9.17) is 4.74 Å². The number of nitrogens with one attached hydrogen (secondary N) is 1. The maximum absolute atomic E-state index is 12.1. The van der Waals surface area contributed by atoms with E-state index in [0.29, 0.717) is 19.5 Å². The minimum atomic E-state index is -0.380. The lowest BCUT2D eigenvalue weighted by atomic mass is 10.1. The van der Waals surface area contributed by atoms with Gasteiger partial charge in [0.2, 0.25) is 5.91 Å². The Morgan fingerprint density at radius 2 is 2.38 bits per heavy atom. The first-order chi connectivity index (χ1) is 7.66. The van der Waals surface area contributed by atoms with Crippen LogP contribution in [-0.4, -0.2) is 60.4 Å². The number of rotatable bonds is 1. The lowest BCUT2D eigenvalue weighted by Crippen LogP contribution is -2.45. The molecule has 0 spiro atoms. The number of hydrogen-bond donors (Lipinski definition) is 2. The van der Waals surface area contributed by atoms with Gasteiger partial charge in [-0.15, -0.1) is 0 Å². The second-order valence-corrected chi connectivity index (χ2v) is 4.67. The van der Waals surface area contributed by atoms with Gasteiger partial charge in [0, 0.05) is 26.2 Å². The molecule has 0 aromatic carbocycles. The van der Waals surface area contributed by atoms with E-state index in [1.165, 1.54) is 0 Å². The van der Waals surface area contributed by atoms with Gasteiger partial charge in [-0.25, -0.2) is 0 Å². The minimum Gasteiger partial charge on any atom is -0.392 e. The summed E-state index contributed by atoms with van der Waals surface area (Å²) in [7, 11) is 0. The van der Waals surface area contributed by atoms with Crippen LogP contribution in [0.25, 0.3) is 0 Å². The monoisotopic (exact) mass is 228 g/mol. The molecular formula is C11H20N2O3.